The Hall–Kier alpha value is -2.63. The van der Waals surface area contributed by atoms with Gasteiger partial charge in [0.05, 0.1) is 12.2 Å². The number of amides is 1. The first-order valence-electron chi connectivity index (χ1n) is 10.5. The minimum Gasteiger partial charge on any atom is -0.456 e. The van der Waals surface area contributed by atoms with Gasteiger partial charge in [0.2, 0.25) is 0 Å². The summed E-state index contributed by atoms with van der Waals surface area (Å²) in [5.41, 5.74) is 4.11. The van der Waals surface area contributed by atoms with E-state index < -0.39 is 0 Å². The first-order chi connectivity index (χ1) is 14.0. The molecule has 29 heavy (non-hydrogen) atoms. The fourth-order valence-electron chi connectivity index (χ4n) is 3.97. The molecule has 0 saturated heterocycles. The van der Waals surface area contributed by atoms with E-state index in [1.807, 2.05) is 36.7 Å². The van der Waals surface area contributed by atoms with Crippen LogP contribution in [-0.2, 0) is 27.4 Å². The quantitative estimate of drug-likeness (QED) is 0.690. The maximum atomic E-state index is 12.1. The number of rotatable bonds is 8. The highest BCUT2D eigenvalue weighted by Gasteiger charge is 2.19. The first kappa shape index (κ1) is 21.1. The van der Waals surface area contributed by atoms with Crippen molar-refractivity contribution >= 4 is 11.9 Å². The lowest BCUT2D eigenvalue weighted by atomic mass is 9.87. The van der Waals surface area contributed by atoms with Crippen molar-refractivity contribution in [2.75, 3.05) is 6.61 Å². The molecule has 156 valence electrons. The molecule has 3 rings (SSSR count). The van der Waals surface area contributed by atoms with Gasteiger partial charge in [0.25, 0.3) is 5.91 Å². The zero-order valence-corrected chi connectivity index (χ0v) is 17.4. The number of benzene rings is 1. The molecule has 6 heteroatoms. The molecule has 1 fully saturated rings. The normalized spacial score (nSPS) is 14.6. The number of hydrogen-bond donors (Lipinski definition) is 1. The van der Waals surface area contributed by atoms with Gasteiger partial charge in [-0.15, -0.1) is 0 Å². The summed E-state index contributed by atoms with van der Waals surface area (Å²) in [6, 6.07) is 10.2. The van der Waals surface area contributed by atoms with Crippen LogP contribution in [0.15, 0.2) is 30.3 Å². The Labute approximate surface area is 172 Å². The van der Waals surface area contributed by atoms with E-state index in [4.69, 9.17) is 4.74 Å². The van der Waals surface area contributed by atoms with Gasteiger partial charge in [0, 0.05) is 24.2 Å². The second-order valence-electron chi connectivity index (χ2n) is 7.94. The molecule has 2 aromatic rings. The van der Waals surface area contributed by atoms with E-state index in [1.165, 1.54) is 24.8 Å². The van der Waals surface area contributed by atoms with E-state index in [2.05, 4.69) is 22.5 Å². The van der Waals surface area contributed by atoms with Crippen LogP contribution in [0.5, 0.6) is 0 Å². The zero-order chi connectivity index (χ0) is 20.6. The van der Waals surface area contributed by atoms with Crippen LogP contribution in [0.25, 0.3) is 0 Å². The van der Waals surface area contributed by atoms with Gasteiger partial charge in [0.1, 0.15) is 0 Å². The summed E-state index contributed by atoms with van der Waals surface area (Å²) in [6.07, 6.45) is 6.25. The Bertz CT molecular complexity index is 823. The minimum atomic E-state index is -0.281. The van der Waals surface area contributed by atoms with Crippen LogP contribution in [0.4, 0.5) is 0 Å². The number of aromatic nitrogens is 2. The molecule has 1 heterocycles. The van der Waals surface area contributed by atoms with Crippen molar-refractivity contribution in [2.24, 2.45) is 5.92 Å². The van der Waals surface area contributed by atoms with Gasteiger partial charge in [0.15, 0.2) is 6.61 Å². The molecule has 1 saturated carbocycles. The van der Waals surface area contributed by atoms with Crippen molar-refractivity contribution in [2.45, 2.75) is 65.5 Å². The van der Waals surface area contributed by atoms with Gasteiger partial charge in [-0.2, -0.15) is 5.10 Å². The zero-order valence-electron chi connectivity index (χ0n) is 17.4. The molecule has 1 N–H and O–H groups in total. The van der Waals surface area contributed by atoms with Crippen molar-refractivity contribution in [1.82, 2.24) is 15.1 Å². The summed E-state index contributed by atoms with van der Waals surface area (Å²) in [6.45, 7) is 4.81. The Morgan fingerprint density at radius 1 is 1.14 bits per heavy atom. The lowest BCUT2D eigenvalue weighted by Gasteiger charge is -2.20. The fourth-order valence-corrected chi connectivity index (χ4v) is 3.97. The SMILES string of the molecule is Cc1nn(Cc2ccccc2)c(C)c1CNC(=O)COC(=O)CC1CCCCC1. The van der Waals surface area contributed by atoms with Gasteiger partial charge in [-0.05, 0) is 38.2 Å². The Morgan fingerprint density at radius 2 is 1.86 bits per heavy atom. The van der Waals surface area contributed by atoms with Crippen LogP contribution in [-0.4, -0.2) is 28.3 Å². The third-order valence-corrected chi connectivity index (χ3v) is 5.71. The van der Waals surface area contributed by atoms with Crippen molar-refractivity contribution < 1.29 is 14.3 Å². The number of carbonyl (C=O) groups is 2. The molecule has 1 aromatic carbocycles. The molecule has 0 atom stereocenters. The third kappa shape index (κ3) is 6.17. The molecule has 1 aliphatic carbocycles. The maximum Gasteiger partial charge on any atom is 0.306 e. The van der Waals surface area contributed by atoms with Crippen molar-refractivity contribution in [1.29, 1.82) is 0 Å². The summed E-state index contributed by atoms with van der Waals surface area (Å²) in [7, 11) is 0. The molecule has 0 bridgehead atoms. The molecule has 1 aromatic heterocycles. The largest absolute Gasteiger partial charge is 0.456 e. The van der Waals surface area contributed by atoms with E-state index in [9.17, 15) is 9.59 Å². The van der Waals surface area contributed by atoms with E-state index in [-0.39, 0.29) is 18.5 Å². The highest BCUT2D eigenvalue weighted by molar-refractivity contribution is 5.80. The number of nitrogens with zero attached hydrogens (tertiary/aromatic N) is 2. The van der Waals surface area contributed by atoms with E-state index in [0.29, 0.717) is 25.4 Å². The molecular weight excluding hydrogens is 366 g/mol. The van der Waals surface area contributed by atoms with Gasteiger partial charge >= 0.3 is 5.97 Å². The smallest absolute Gasteiger partial charge is 0.306 e. The van der Waals surface area contributed by atoms with Crippen molar-refractivity contribution in [3.8, 4) is 0 Å². The second kappa shape index (κ2) is 10.2. The molecule has 1 aliphatic rings. The van der Waals surface area contributed by atoms with Crippen LogP contribution in [0.3, 0.4) is 0 Å². The average molecular weight is 398 g/mol. The van der Waals surface area contributed by atoms with Gasteiger partial charge in [-0.3, -0.25) is 14.3 Å². The van der Waals surface area contributed by atoms with E-state index >= 15 is 0 Å². The topological polar surface area (TPSA) is 73.2 Å². The first-order valence-corrected chi connectivity index (χ1v) is 10.5. The number of aryl methyl sites for hydroxylation is 1. The molecule has 0 unspecified atom stereocenters. The number of carbonyl (C=O) groups excluding carboxylic acids is 2. The van der Waals surface area contributed by atoms with Crippen LogP contribution >= 0.6 is 0 Å². The number of ether oxygens (including phenoxy) is 1. The van der Waals surface area contributed by atoms with Crippen LogP contribution in [0.1, 0.15) is 61.0 Å². The Balaban J connectivity index is 1.45. The van der Waals surface area contributed by atoms with Crippen molar-refractivity contribution in [3.63, 3.8) is 0 Å². The summed E-state index contributed by atoms with van der Waals surface area (Å²) in [5.74, 6) is -0.133. The predicted molar refractivity (Wildman–Crippen MR) is 111 cm³/mol. The highest BCUT2D eigenvalue weighted by Crippen LogP contribution is 2.26. The summed E-state index contributed by atoms with van der Waals surface area (Å²) >= 11 is 0. The van der Waals surface area contributed by atoms with Crippen LogP contribution < -0.4 is 5.32 Å². The average Bonchev–Trinajstić information content (AvgIpc) is 2.99. The third-order valence-electron chi connectivity index (χ3n) is 5.71. The molecule has 0 aliphatic heterocycles. The number of hydrogen-bond acceptors (Lipinski definition) is 4. The standard InChI is InChI=1S/C23H31N3O3/c1-17-21(18(2)26(25-17)15-20-11-7-4-8-12-20)14-24-22(27)16-29-23(28)13-19-9-5-3-6-10-19/h4,7-8,11-12,19H,3,5-6,9-10,13-16H2,1-2H3,(H,24,27). The predicted octanol–water partition coefficient (Wildman–Crippen LogP) is 3.68. The van der Waals surface area contributed by atoms with Crippen LogP contribution in [0.2, 0.25) is 0 Å². The maximum absolute atomic E-state index is 12.1. The lowest BCUT2D eigenvalue weighted by molar-refractivity contribution is -0.149. The molecule has 6 nitrogen and oxygen atoms in total. The summed E-state index contributed by atoms with van der Waals surface area (Å²) in [5, 5.41) is 7.45. The number of esters is 1. The van der Waals surface area contributed by atoms with E-state index in [1.54, 1.807) is 0 Å². The summed E-state index contributed by atoms with van der Waals surface area (Å²) < 4.78 is 7.12. The molecular formula is C23H31N3O3. The van der Waals surface area contributed by atoms with Gasteiger partial charge in [-0.25, -0.2) is 0 Å². The fraction of sp³-hybridized carbons (Fsp3) is 0.522. The van der Waals surface area contributed by atoms with Gasteiger partial charge < -0.3 is 10.1 Å². The lowest BCUT2D eigenvalue weighted by Crippen LogP contribution is -2.29. The van der Waals surface area contributed by atoms with E-state index in [0.717, 1.165) is 29.8 Å². The molecule has 0 radical (unpaired) electrons. The number of nitrogens with one attached hydrogen (secondary N) is 1. The Morgan fingerprint density at radius 3 is 2.59 bits per heavy atom. The highest BCUT2D eigenvalue weighted by atomic mass is 16.5. The van der Waals surface area contributed by atoms with Crippen molar-refractivity contribution in [3.05, 3.63) is 52.8 Å². The second-order valence-corrected chi connectivity index (χ2v) is 7.94. The Kier molecular flexibility index (Phi) is 7.44. The van der Waals surface area contributed by atoms with Gasteiger partial charge in [-0.1, -0.05) is 49.6 Å². The monoisotopic (exact) mass is 397 g/mol. The minimum absolute atomic E-state index is 0.220. The summed E-state index contributed by atoms with van der Waals surface area (Å²) in [4.78, 5) is 24.1. The molecule has 1 amide bonds. The molecule has 0 spiro atoms. The van der Waals surface area contributed by atoms with Crippen LogP contribution in [0, 0.1) is 19.8 Å².